The summed E-state index contributed by atoms with van der Waals surface area (Å²) >= 11 is 0. The van der Waals surface area contributed by atoms with Crippen LogP contribution in [-0.2, 0) is 8.99 Å². The molecule has 0 spiro atoms. The highest BCUT2D eigenvalue weighted by Gasteiger charge is 2.44. The molecule has 1 rings (SSSR count). The van der Waals surface area contributed by atoms with Crippen molar-refractivity contribution in [2.24, 2.45) is 5.92 Å². The van der Waals surface area contributed by atoms with Crippen molar-refractivity contribution in [2.45, 2.75) is 96.2 Å². The van der Waals surface area contributed by atoms with Crippen LogP contribution in [0.3, 0.4) is 0 Å². The quantitative estimate of drug-likeness (QED) is 0.272. The second-order valence-corrected chi connectivity index (χ2v) is 20.7. The van der Waals surface area contributed by atoms with Crippen LogP contribution in [0.4, 0.5) is 0 Å². The summed E-state index contributed by atoms with van der Waals surface area (Å²) in [5.41, 5.74) is 2.51. The van der Waals surface area contributed by atoms with Gasteiger partial charge in [0.15, 0.2) is 25.1 Å². The van der Waals surface area contributed by atoms with Crippen LogP contribution < -0.4 is 0 Å². The first kappa shape index (κ1) is 25.0. The van der Waals surface area contributed by atoms with Gasteiger partial charge in [-0.15, -0.1) is 0 Å². The highest BCUT2D eigenvalue weighted by atomic mass is 31.1. The fourth-order valence-electron chi connectivity index (χ4n) is 3.21. The zero-order valence-electron chi connectivity index (χ0n) is 19.0. The molecule has 0 aromatic carbocycles. The maximum atomic E-state index is 11.0. The molecule has 1 fully saturated rings. The second kappa shape index (κ2) is 8.75. The molecule has 0 bridgehead atoms. The van der Waals surface area contributed by atoms with E-state index in [-0.39, 0.29) is 24.6 Å². The molecular weight excluding hydrogens is 387 g/mol. The highest BCUT2D eigenvalue weighted by Crippen LogP contribution is 2.49. The van der Waals surface area contributed by atoms with Crippen LogP contribution in [0.1, 0.15) is 53.9 Å². The smallest absolute Gasteiger partial charge is 0.192 e. The van der Waals surface area contributed by atoms with Crippen molar-refractivity contribution in [1.82, 2.24) is 0 Å². The summed E-state index contributed by atoms with van der Waals surface area (Å²) < 4.78 is 17.7. The van der Waals surface area contributed by atoms with Crippen molar-refractivity contribution in [2.75, 3.05) is 6.16 Å². The Hall–Kier alpha value is -0.0662. The number of hydrogen-bond acceptors (Lipinski definition) is 3. The summed E-state index contributed by atoms with van der Waals surface area (Å²) in [7, 11) is -4.04. The molecule has 6 heteroatoms. The molecular formula is C21H41O3PSi2. The van der Waals surface area contributed by atoms with Gasteiger partial charge in [0.05, 0.1) is 6.10 Å². The third kappa shape index (κ3) is 6.47. The van der Waals surface area contributed by atoms with Crippen molar-refractivity contribution in [3.8, 4) is 0 Å². The highest BCUT2D eigenvalue weighted by molar-refractivity contribution is 7.23. The lowest BCUT2D eigenvalue weighted by atomic mass is 9.76. The first-order valence-corrected chi connectivity index (χ1v) is 16.9. The Kier molecular flexibility index (Phi) is 8.09. The first-order chi connectivity index (χ1) is 12.0. The summed E-state index contributed by atoms with van der Waals surface area (Å²) in [6.45, 7) is 24.2. The average molecular weight is 429 g/mol. The van der Waals surface area contributed by atoms with E-state index < -0.39 is 16.6 Å². The average Bonchev–Trinajstić information content (AvgIpc) is 2.46. The van der Waals surface area contributed by atoms with Crippen LogP contribution in [0, 0.1) is 5.92 Å². The molecule has 0 aliphatic heterocycles. The van der Waals surface area contributed by atoms with Crippen LogP contribution in [0.25, 0.3) is 0 Å². The molecule has 1 aliphatic rings. The molecule has 0 amide bonds. The van der Waals surface area contributed by atoms with Gasteiger partial charge in [0.1, 0.15) is 0 Å². The van der Waals surface area contributed by atoms with Gasteiger partial charge in [-0.25, -0.2) is 0 Å². The lowest BCUT2D eigenvalue weighted by Crippen LogP contribution is -2.46. The molecule has 2 atom stereocenters. The fourth-order valence-corrected chi connectivity index (χ4v) is 5.59. The summed E-state index contributed by atoms with van der Waals surface area (Å²) in [6, 6.07) is 0. The Bertz CT molecular complexity index is 541. The van der Waals surface area contributed by atoms with Gasteiger partial charge in [-0.05, 0) is 67.0 Å². The molecule has 3 nitrogen and oxygen atoms in total. The molecule has 0 saturated heterocycles. The Morgan fingerprint density at radius 1 is 1.19 bits per heavy atom. The zero-order chi connectivity index (χ0) is 21.3. The van der Waals surface area contributed by atoms with Crippen molar-refractivity contribution in [3.63, 3.8) is 0 Å². The van der Waals surface area contributed by atoms with Crippen molar-refractivity contribution in [3.05, 3.63) is 23.8 Å². The van der Waals surface area contributed by atoms with Crippen LogP contribution in [0.5, 0.6) is 0 Å². The van der Waals surface area contributed by atoms with E-state index in [0.29, 0.717) is 12.1 Å². The Labute approximate surface area is 171 Å². The molecule has 0 unspecified atom stereocenters. The molecule has 1 aliphatic carbocycles. The molecule has 0 aromatic rings. The van der Waals surface area contributed by atoms with Gasteiger partial charge in [-0.3, -0.25) is 4.57 Å². The number of rotatable bonds is 7. The first-order valence-electron chi connectivity index (χ1n) is 10.1. The minimum atomic E-state index is -2.29. The SMILES string of the molecule is C=C1[C@H](CC(C)(C)[Si](C)(C)O)C/C(=C\CP=O)C[C@H]1O[Si](C)(C)C(C)(C)C. The van der Waals surface area contributed by atoms with Crippen LogP contribution in [-0.4, -0.2) is 33.7 Å². The van der Waals surface area contributed by atoms with E-state index in [9.17, 15) is 9.36 Å². The molecule has 1 N–H and O–H groups in total. The summed E-state index contributed by atoms with van der Waals surface area (Å²) in [4.78, 5) is 10.8. The van der Waals surface area contributed by atoms with E-state index in [1.807, 2.05) is 13.1 Å². The van der Waals surface area contributed by atoms with Crippen LogP contribution >= 0.6 is 8.46 Å². The Morgan fingerprint density at radius 3 is 2.19 bits per heavy atom. The van der Waals surface area contributed by atoms with E-state index in [1.165, 1.54) is 11.1 Å². The van der Waals surface area contributed by atoms with Crippen LogP contribution in [0.15, 0.2) is 23.8 Å². The fraction of sp³-hybridized carbons (Fsp3) is 0.810. The Balaban J connectivity index is 3.14. The zero-order valence-corrected chi connectivity index (χ0v) is 21.9. The van der Waals surface area contributed by atoms with Crippen molar-refractivity contribution < 1.29 is 13.8 Å². The van der Waals surface area contributed by atoms with Crippen molar-refractivity contribution >= 4 is 25.1 Å². The normalized spacial score (nSPS) is 24.7. The molecule has 27 heavy (non-hydrogen) atoms. The van der Waals surface area contributed by atoms with E-state index in [1.54, 1.807) is 0 Å². The lowest BCUT2D eigenvalue weighted by Gasteiger charge is -2.45. The topological polar surface area (TPSA) is 46.5 Å². The largest absolute Gasteiger partial charge is 0.432 e. The summed E-state index contributed by atoms with van der Waals surface area (Å²) in [5.74, 6) is 0.303. The molecule has 0 heterocycles. The third-order valence-corrected chi connectivity index (χ3v) is 15.3. The minimum Gasteiger partial charge on any atom is -0.432 e. The Morgan fingerprint density at radius 2 is 1.74 bits per heavy atom. The van der Waals surface area contributed by atoms with Gasteiger partial charge in [0, 0.05) is 6.16 Å². The lowest BCUT2D eigenvalue weighted by molar-refractivity contribution is 0.180. The molecule has 156 valence electrons. The van der Waals surface area contributed by atoms with Gasteiger partial charge in [-0.1, -0.05) is 52.8 Å². The van der Waals surface area contributed by atoms with E-state index in [4.69, 9.17) is 4.43 Å². The molecule has 0 radical (unpaired) electrons. The standard InChI is InChI=1S/C21H41O3PSi2/c1-16-18(15-21(5,6)26(7,8)23)13-17(11-12-25-22)14-19(16)24-27(9,10)20(2,3)4/h11,18-19,23H,1,12-15H2,2-10H3/b17-11+/t18-,19+/m0/s1. The molecule has 0 aromatic heterocycles. The molecule has 1 saturated carbocycles. The van der Waals surface area contributed by atoms with Gasteiger partial charge < -0.3 is 9.22 Å². The van der Waals surface area contributed by atoms with Gasteiger partial charge in [-0.2, -0.15) is 0 Å². The monoisotopic (exact) mass is 428 g/mol. The van der Waals surface area contributed by atoms with E-state index in [2.05, 4.69) is 60.4 Å². The van der Waals surface area contributed by atoms with Gasteiger partial charge in [0.25, 0.3) is 0 Å². The second-order valence-electron chi connectivity index (χ2n) is 10.9. The number of allylic oxidation sites excluding steroid dienone is 1. The van der Waals surface area contributed by atoms with Crippen LogP contribution in [0.2, 0.25) is 36.3 Å². The maximum Gasteiger partial charge on any atom is 0.192 e. The third-order valence-electron chi connectivity index (χ3n) is 7.00. The predicted molar refractivity (Wildman–Crippen MR) is 123 cm³/mol. The van der Waals surface area contributed by atoms with E-state index >= 15 is 0 Å². The maximum absolute atomic E-state index is 11.0. The van der Waals surface area contributed by atoms with Crippen molar-refractivity contribution in [1.29, 1.82) is 0 Å². The van der Waals surface area contributed by atoms with Gasteiger partial charge in [0.2, 0.25) is 0 Å². The van der Waals surface area contributed by atoms with Gasteiger partial charge >= 0.3 is 0 Å². The predicted octanol–water partition coefficient (Wildman–Crippen LogP) is 6.93. The minimum absolute atomic E-state index is 0.0264. The number of hydrogen-bond donors (Lipinski definition) is 1. The summed E-state index contributed by atoms with van der Waals surface area (Å²) in [6.07, 6.45) is 5.43. The van der Waals surface area contributed by atoms with E-state index in [0.717, 1.165) is 19.3 Å². The summed E-state index contributed by atoms with van der Waals surface area (Å²) in [5, 5.41) is 0.0539.